The van der Waals surface area contributed by atoms with Crippen molar-refractivity contribution in [1.29, 1.82) is 0 Å². The molecule has 0 unspecified atom stereocenters. The number of methoxy groups -OCH3 is 2. The molecule has 154 valence electrons. The topological polar surface area (TPSA) is 85.3 Å². The zero-order chi connectivity index (χ0) is 20.5. The molecule has 0 spiro atoms. The summed E-state index contributed by atoms with van der Waals surface area (Å²) in [6.45, 7) is 2.01. The highest BCUT2D eigenvalue weighted by Crippen LogP contribution is 2.46. The second-order valence-corrected chi connectivity index (χ2v) is 10.5. The fraction of sp³-hybridized carbons (Fsp3) is 0.556. The number of nitrogens with zero attached hydrogens (tertiary/aromatic N) is 2. The zero-order valence-corrected chi connectivity index (χ0v) is 18.4. The number of halogens is 1. The molecular weight excluding hydrogens is 424 g/mol. The fourth-order valence-electron chi connectivity index (χ4n) is 3.37. The summed E-state index contributed by atoms with van der Waals surface area (Å²) in [7, 11) is -0.136. The van der Waals surface area contributed by atoms with Gasteiger partial charge in [0.05, 0.1) is 42.5 Å². The summed E-state index contributed by atoms with van der Waals surface area (Å²) in [5, 5.41) is 0.670. The Morgan fingerprint density at radius 1 is 1.29 bits per heavy atom. The Bertz CT molecular complexity index is 903. The maximum Gasteiger partial charge on any atom is 0.248 e. The number of unbranched alkanes of at least 4 members (excludes halogenated alkanes) is 1. The summed E-state index contributed by atoms with van der Waals surface area (Å²) in [4.78, 5) is 18.4. The van der Waals surface area contributed by atoms with Gasteiger partial charge in [-0.05, 0) is 12.5 Å². The summed E-state index contributed by atoms with van der Waals surface area (Å²) < 4.78 is 35.1. The largest absolute Gasteiger partial charge is 0.495 e. The third kappa shape index (κ3) is 4.26. The number of fused-ring (bicyclic) bond motifs is 1. The quantitative estimate of drug-likeness (QED) is 0.663. The maximum absolute atomic E-state index is 12.3. The molecule has 7 nitrogen and oxygen atoms in total. The molecule has 0 aromatic heterocycles. The molecule has 2 atom stereocenters. The third-order valence-corrected chi connectivity index (χ3v) is 8.25. The first-order valence-corrected chi connectivity index (χ1v) is 12.1. The Hall–Kier alpha value is -1.45. The molecule has 10 heteroatoms. The van der Waals surface area contributed by atoms with Crippen LogP contribution in [-0.4, -0.2) is 56.5 Å². The summed E-state index contributed by atoms with van der Waals surface area (Å²) in [6, 6.07) is 2.99. The molecule has 2 heterocycles. The molecule has 2 fully saturated rings. The lowest BCUT2D eigenvalue weighted by Gasteiger charge is -2.26. The van der Waals surface area contributed by atoms with Crippen molar-refractivity contribution in [1.82, 2.24) is 0 Å². The number of amidine groups is 1. The van der Waals surface area contributed by atoms with Crippen LogP contribution in [0, 0.1) is 0 Å². The maximum atomic E-state index is 12.3. The van der Waals surface area contributed by atoms with Gasteiger partial charge in [0.1, 0.15) is 11.5 Å². The molecule has 1 amide bonds. The molecule has 0 saturated carbocycles. The van der Waals surface area contributed by atoms with Gasteiger partial charge in [-0.15, -0.1) is 0 Å². The summed E-state index contributed by atoms with van der Waals surface area (Å²) in [5.41, 5.74) is 0.576. The highest BCUT2D eigenvalue weighted by molar-refractivity contribution is 8.16. The Morgan fingerprint density at radius 3 is 2.64 bits per heavy atom. The Labute approximate surface area is 174 Å². The van der Waals surface area contributed by atoms with Crippen LogP contribution in [0.1, 0.15) is 26.2 Å². The van der Waals surface area contributed by atoms with E-state index in [-0.39, 0.29) is 28.7 Å². The van der Waals surface area contributed by atoms with Crippen LogP contribution in [0.3, 0.4) is 0 Å². The van der Waals surface area contributed by atoms with Gasteiger partial charge in [-0.2, -0.15) is 4.99 Å². The smallest absolute Gasteiger partial charge is 0.248 e. The number of sulfone groups is 1. The molecule has 2 aliphatic heterocycles. The minimum absolute atomic E-state index is 0.000357. The van der Waals surface area contributed by atoms with Crippen molar-refractivity contribution in [3.8, 4) is 11.5 Å². The Morgan fingerprint density at radius 2 is 2.00 bits per heavy atom. The lowest BCUT2D eigenvalue weighted by Crippen LogP contribution is -2.38. The Kier molecular flexibility index (Phi) is 6.46. The molecular formula is C18H23ClN2O5S2. The predicted octanol–water partition coefficient (Wildman–Crippen LogP) is 3.15. The number of hydrogen-bond donors (Lipinski definition) is 0. The van der Waals surface area contributed by atoms with Crippen LogP contribution in [-0.2, 0) is 14.6 Å². The standard InChI is InChI=1S/C18H23ClN2O5S2/c1-4-5-6-17(22)20-18-21(13-9-28(23,24)10-16(13)27-18)12-7-11(19)14(25-2)8-15(12)26-3/h7-8,13,16H,4-6,9-10H2,1-3H3/t13-,16-/m0/s1. The van der Waals surface area contributed by atoms with Crippen LogP contribution in [0.2, 0.25) is 5.02 Å². The number of benzene rings is 1. The number of carbonyl (C=O) groups excluding carboxylic acids is 1. The molecule has 0 N–H and O–H groups in total. The monoisotopic (exact) mass is 446 g/mol. The number of carbonyl (C=O) groups is 1. The fourth-order valence-corrected chi connectivity index (χ4v) is 7.53. The third-order valence-electron chi connectivity index (χ3n) is 4.74. The normalized spacial score (nSPS) is 24.4. The van der Waals surface area contributed by atoms with Gasteiger partial charge in [-0.3, -0.25) is 4.79 Å². The minimum atomic E-state index is -3.16. The van der Waals surface area contributed by atoms with E-state index in [1.165, 1.54) is 26.0 Å². The van der Waals surface area contributed by atoms with Crippen LogP contribution < -0.4 is 14.4 Å². The lowest BCUT2D eigenvalue weighted by atomic mass is 10.1. The van der Waals surface area contributed by atoms with Gasteiger partial charge >= 0.3 is 0 Å². The molecule has 1 aromatic rings. The van der Waals surface area contributed by atoms with Crippen molar-refractivity contribution in [2.75, 3.05) is 30.6 Å². The van der Waals surface area contributed by atoms with Crippen LogP contribution in [0.15, 0.2) is 17.1 Å². The Balaban J connectivity index is 2.06. The van der Waals surface area contributed by atoms with Gasteiger partial charge in [0.15, 0.2) is 15.0 Å². The van der Waals surface area contributed by atoms with Crippen LogP contribution in [0.25, 0.3) is 0 Å². The molecule has 0 radical (unpaired) electrons. The molecule has 3 rings (SSSR count). The zero-order valence-electron chi connectivity index (χ0n) is 16.0. The number of rotatable bonds is 6. The summed E-state index contributed by atoms with van der Waals surface area (Å²) >= 11 is 7.65. The van der Waals surface area contributed by atoms with E-state index in [1.54, 1.807) is 17.0 Å². The van der Waals surface area contributed by atoms with Gasteiger partial charge in [-0.1, -0.05) is 36.7 Å². The summed E-state index contributed by atoms with van der Waals surface area (Å²) in [5.74, 6) is 0.769. The summed E-state index contributed by atoms with van der Waals surface area (Å²) in [6.07, 6.45) is 2.03. The number of thioether (sulfide) groups is 1. The van der Waals surface area contributed by atoms with Gasteiger partial charge < -0.3 is 14.4 Å². The van der Waals surface area contributed by atoms with E-state index >= 15 is 0 Å². The van der Waals surface area contributed by atoms with Crippen molar-refractivity contribution < 1.29 is 22.7 Å². The number of aliphatic imine (C=N–C) groups is 1. The van der Waals surface area contributed by atoms with E-state index in [2.05, 4.69) is 4.99 Å². The van der Waals surface area contributed by atoms with E-state index in [4.69, 9.17) is 21.1 Å². The average Bonchev–Trinajstić information content (AvgIpc) is 3.10. The molecule has 0 aliphatic carbocycles. The van der Waals surface area contributed by atoms with Crippen LogP contribution >= 0.6 is 23.4 Å². The van der Waals surface area contributed by atoms with Gasteiger partial charge in [0, 0.05) is 17.7 Å². The van der Waals surface area contributed by atoms with Gasteiger partial charge in [0.2, 0.25) is 5.91 Å². The number of anilines is 1. The molecule has 28 heavy (non-hydrogen) atoms. The molecule has 2 aliphatic rings. The average molecular weight is 447 g/mol. The number of ether oxygens (including phenoxy) is 2. The van der Waals surface area contributed by atoms with E-state index in [1.807, 2.05) is 6.92 Å². The van der Waals surface area contributed by atoms with Gasteiger partial charge in [0.25, 0.3) is 0 Å². The van der Waals surface area contributed by atoms with Crippen molar-refractivity contribution in [2.24, 2.45) is 4.99 Å². The molecule has 2 saturated heterocycles. The SMILES string of the molecule is CCCCC(=O)N=C1S[C@H]2CS(=O)(=O)C[C@@H]2N1c1cc(Cl)c(OC)cc1OC. The van der Waals surface area contributed by atoms with Gasteiger partial charge in [-0.25, -0.2) is 8.42 Å². The lowest BCUT2D eigenvalue weighted by molar-refractivity contribution is -0.117. The van der Waals surface area contributed by atoms with Crippen molar-refractivity contribution >= 4 is 50.0 Å². The second kappa shape index (κ2) is 8.51. The predicted molar refractivity (Wildman–Crippen MR) is 113 cm³/mol. The second-order valence-electron chi connectivity index (χ2n) is 6.72. The first-order valence-electron chi connectivity index (χ1n) is 8.99. The van der Waals surface area contributed by atoms with E-state index in [0.29, 0.717) is 33.8 Å². The minimum Gasteiger partial charge on any atom is -0.495 e. The highest BCUT2D eigenvalue weighted by atomic mass is 35.5. The molecule has 0 bridgehead atoms. The van der Waals surface area contributed by atoms with Crippen molar-refractivity contribution in [3.05, 3.63) is 17.2 Å². The number of amides is 1. The van der Waals surface area contributed by atoms with E-state index < -0.39 is 9.84 Å². The molecule has 1 aromatic carbocycles. The highest BCUT2D eigenvalue weighted by Gasteiger charge is 2.50. The van der Waals surface area contributed by atoms with E-state index in [9.17, 15) is 13.2 Å². The van der Waals surface area contributed by atoms with E-state index in [0.717, 1.165) is 12.8 Å². The van der Waals surface area contributed by atoms with Crippen molar-refractivity contribution in [3.63, 3.8) is 0 Å². The van der Waals surface area contributed by atoms with Crippen molar-refractivity contribution in [2.45, 2.75) is 37.5 Å². The first kappa shape index (κ1) is 21.3. The first-order chi connectivity index (χ1) is 13.3. The van der Waals surface area contributed by atoms with Crippen LogP contribution in [0.5, 0.6) is 11.5 Å². The van der Waals surface area contributed by atoms with Crippen LogP contribution in [0.4, 0.5) is 5.69 Å². The number of hydrogen-bond acceptors (Lipinski definition) is 6.